The summed E-state index contributed by atoms with van der Waals surface area (Å²) in [6, 6.07) is 3.79. The van der Waals surface area contributed by atoms with E-state index < -0.39 is 0 Å². The fraction of sp³-hybridized carbons (Fsp3) is 0.333. The topological polar surface area (TPSA) is 51.0 Å². The van der Waals surface area contributed by atoms with Gasteiger partial charge >= 0.3 is 0 Å². The smallest absolute Gasteiger partial charge is 0.197 e. The Kier molecular flexibility index (Phi) is 3.47. The number of hydrogen-bond donors (Lipinski definition) is 1. The van der Waals surface area contributed by atoms with Gasteiger partial charge in [-0.2, -0.15) is 0 Å². The fourth-order valence-electron chi connectivity index (χ4n) is 1.51. The second kappa shape index (κ2) is 4.87. The molecule has 5 heteroatoms. The van der Waals surface area contributed by atoms with E-state index in [9.17, 15) is 0 Å². The zero-order valence-corrected chi connectivity index (χ0v) is 11.6. The quantitative estimate of drug-likeness (QED) is 0.941. The van der Waals surface area contributed by atoms with Crippen molar-refractivity contribution >= 4 is 21.7 Å². The van der Waals surface area contributed by atoms with Crippen LogP contribution in [0.5, 0.6) is 0 Å². The summed E-state index contributed by atoms with van der Waals surface area (Å²) in [6.45, 7) is 6.68. The normalized spacial score (nSPS) is 10.6. The highest BCUT2D eigenvalue weighted by Crippen LogP contribution is 2.27. The van der Waals surface area contributed by atoms with Gasteiger partial charge in [-0.25, -0.2) is 9.97 Å². The lowest BCUT2D eigenvalue weighted by Crippen LogP contribution is -2.04. The third-order valence-corrected chi connectivity index (χ3v) is 3.27. The van der Waals surface area contributed by atoms with E-state index in [1.54, 1.807) is 0 Å². The van der Waals surface area contributed by atoms with Crippen molar-refractivity contribution in [2.75, 3.05) is 11.9 Å². The van der Waals surface area contributed by atoms with E-state index in [1.165, 1.54) is 0 Å². The molecule has 1 N–H and O–H groups in total. The number of aryl methyl sites for hydroxylation is 2. The highest BCUT2D eigenvalue weighted by Gasteiger charge is 2.12. The van der Waals surface area contributed by atoms with Crippen molar-refractivity contribution in [3.8, 4) is 11.6 Å². The Labute approximate surface area is 109 Å². The van der Waals surface area contributed by atoms with Crippen molar-refractivity contribution in [2.45, 2.75) is 20.8 Å². The molecule has 0 unspecified atom stereocenters. The van der Waals surface area contributed by atoms with Gasteiger partial charge in [-0.05, 0) is 48.8 Å². The van der Waals surface area contributed by atoms with Crippen LogP contribution in [0.3, 0.4) is 0 Å². The van der Waals surface area contributed by atoms with E-state index in [1.807, 2.05) is 32.9 Å². The van der Waals surface area contributed by atoms with Gasteiger partial charge in [0.15, 0.2) is 11.6 Å². The number of nitrogens with one attached hydrogen (secondary N) is 1. The highest BCUT2D eigenvalue weighted by molar-refractivity contribution is 9.10. The molecule has 0 aromatic carbocycles. The van der Waals surface area contributed by atoms with Crippen molar-refractivity contribution in [1.82, 2.24) is 9.97 Å². The standard InChI is InChI=1S/C12H14BrN3O/c1-4-14-12-10(13)8(3)15-11(16-12)9-6-5-7(2)17-9/h5-6H,4H2,1-3H3,(H,14,15,16). The molecule has 17 heavy (non-hydrogen) atoms. The molecule has 0 aliphatic heterocycles. The van der Waals surface area contributed by atoms with Crippen LogP contribution in [0.1, 0.15) is 18.4 Å². The minimum Gasteiger partial charge on any atom is -0.458 e. The van der Waals surface area contributed by atoms with Crippen LogP contribution < -0.4 is 5.32 Å². The summed E-state index contributed by atoms with van der Waals surface area (Å²) in [5.74, 6) is 2.95. The van der Waals surface area contributed by atoms with E-state index in [4.69, 9.17) is 4.42 Å². The van der Waals surface area contributed by atoms with E-state index in [-0.39, 0.29) is 0 Å². The lowest BCUT2D eigenvalue weighted by molar-refractivity contribution is 0.544. The maximum Gasteiger partial charge on any atom is 0.197 e. The molecule has 0 aliphatic rings. The van der Waals surface area contributed by atoms with Crippen LogP contribution in [-0.2, 0) is 0 Å². The Bertz CT molecular complexity index is 537. The molecule has 4 nitrogen and oxygen atoms in total. The minimum absolute atomic E-state index is 0.606. The first kappa shape index (κ1) is 12.1. The third-order valence-electron chi connectivity index (χ3n) is 2.32. The summed E-state index contributed by atoms with van der Waals surface area (Å²) in [5, 5.41) is 3.19. The number of halogens is 1. The lowest BCUT2D eigenvalue weighted by atomic mass is 10.3. The van der Waals surface area contributed by atoms with Gasteiger partial charge in [0.05, 0.1) is 10.2 Å². The lowest BCUT2D eigenvalue weighted by Gasteiger charge is -2.08. The van der Waals surface area contributed by atoms with E-state index >= 15 is 0 Å². The fourth-order valence-corrected chi connectivity index (χ4v) is 1.83. The van der Waals surface area contributed by atoms with Gasteiger partial charge in [0, 0.05) is 6.54 Å². The monoisotopic (exact) mass is 295 g/mol. The minimum atomic E-state index is 0.606. The van der Waals surface area contributed by atoms with Gasteiger partial charge in [0.25, 0.3) is 0 Å². The van der Waals surface area contributed by atoms with Crippen LogP contribution >= 0.6 is 15.9 Å². The SMILES string of the molecule is CCNc1nc(-c2ccc(C)o2)nc(C)c1Br. The molecule has 90 valence electrons. The summed E-state index contributed by atoms with van der Waals surface area (Å²) in [4.78, 5) is 8.85. The Hall–Kier alpha value is -1.36. The van der Waals surface area contributed by atoms with Gasteiger partial charge in [0.1, 0.15) is 11.6 Å². The molecule has 0 spiro atoms. The van der Waals surface area contributed by atoms with Gasteiger partial charge in [-0.15, -0.1) is 0 Å². The Morgan fingerprint density at radius 1 is 1.29 bits per heavy atom. The van der Waals surface area contributed by atoms with Crippen molar-refractivity contribution < 1.29 is 4.42 Å². The third kappa shape index (κ3) is 2.49. The number of aromatic nitrogens is 2. The number of rotatable bonds is 3. The second-order valence-electron chi connectivity index (χ2n) is 3.74. The van der Waals surface area contributed by atoms with E-state index in [0.29, 0.717) is 11.6 Å². The van der Waals surface area contributed by atoms with Crippen LogP contribution in [0.2, 0.25) is 0 Å². The highest BCUT2D eigenvalue weighted by atomic mass is 79.9. The molecule has 0 saturated heterocycles. The first-order chi connectivity index (χ1) is 8.11. The molecule has 0 bridgehead atoms. The van der Waals surface area contributed by atoms with Gasteiger partial charge < -0.3 is 9.73 Å². The molecule has 0 aliphatic carbocycles. The van der Waals surface area contributed by atoms with Crippen LogP contribution in [0.4, 0.5) is 5.82 Å². The Morgan fingerprint density at radius 3 is 2.65 bits per heavy atom. The molecule has 0 amide bonds. The van der Waals surface area contributed by atoms with E-state index in [0.717, 1.165) is 28.3 Å². The zero-order valence-electron chi connectivity index (χ0n) is 10.0. The summed E-state index contributed by atoms with van der Waals surface area (Å²) in [7, 11) is 0. The predicted octanol–water partition coefficient (Wildman–Crippen LogP) is 3.55. The number of furan rings is 1. The molecular weight excluding hydrogens is 282 g/mol. The summed E-state index contributed by atoms with van der Waals surface area (Å²) >= 11 is 3.47. The van der Waals surface area contributed by atoms with Crippen molar-refractivity contribution in [1.29, 1.82) is 0 Å². The van der Waals surface area contributed by atoms with Crippen molar-refractivity contribution in [2.24, 2.45) is 0 Å². The van der Waals surface area contributed by atoms with Gasteiger partial charge in [0.2, 0.25) is 0 Å². The molecule has 2 rings (SSSR count). The molecule has 0 radical (unpaired) electrons. The zero-order chi connectivity index (χ0) is 12.4. The largest absolute Gasteiger partial charge is 0.458 e. The molecular formula is C12H14BrN3O. The van der Waals surface area contributed by atoms with E-state index in [2.05, 4.69) is 31.2 Å². The predicted molar refractivity (Wildman–Crippen MR) is 71.1 cm³/mol. The van der Waals surface area contributed by atoms with Gasteiger partial charge in [-0.3, -0.25) is 0 Å². The van der Waals surface area contributed by atoms with Crippen LogP contribution in [0.25, 0.3) is 11.6 Å². The Morgan fingerprint density at radius 2 is 2.06 bits per heavy atom. The molecule has 0 atom stereocenters. The van der Waals surface area contributed by atoms with Crippen molar-refractivity contribution in [3.63, 3.8) is 0 Å². The van der Waals surface area contributed by atoms with Crippen LogP contribution in [-0.4, -0.2) is 16.5 Å². The first-order valence-corrected chi connectivity index (χ1v) is 6.26. The molecule has 2 aromatic rings. The number of anilines is 1. The van der Waals surface area contributed by atoms with Crippen molar-refractivity contribution in [3.05, 3.63) is 28.1 Å². The average molecular weight is 296 g/mol. The molecule has 2 aromatic heterocycles. The van der Waals surface area contributed by atoms with Crippen LogP contribution in [0.15, 0.2) is 21.0 Å². The van der Waals surface area contributed by atoms with Crippen LogP contribution in [0, 0.1) is 13.8 Å². The maximum atomic E-state index is 5.53. The maximum absolute atomic E-state index is 5.53. The molecule has 2 heterocycles. The van der Waals surface area contributed by atoms with Gasteiger partial charge in [-0.1, -0.05) is 0 Å². The molecule has 0 fully saturated rings. The summed E-state index contributed by atoms with van der Waals surface area (Å²) < 4.78 is 6.42. The Balaban J connectivity index is 2.48. The average Bonchev–Trinajstić information content (AvgIpc) is 2.71. The summed E-state index contributed by atoms with van der Waals surface area (Å²) in [5.41, 5.74) is 0.889. The first-order valence-electron chi connectivity index (χ1n) is 5.46. The molecule has 0 saturated carbocycles. The second-order valence-corrected chi connectivity index (χ2v) is 4.53. The number of nitrogens with zero attached hydrogens (tertiary/aromatic N) is 2. The number of hydrogen-bond acceptors (Lipinski definition) is 4. The summed E-state index contributed by atoms with van der Waals surface area (Å²) in [6.07, 6.45) is 0.